The Morgan fingerprint density at radius 3 is 2.57 bits per heavy atom. The first-order valence-electron chi connectivity index (χ1n) is 9.07. The summed E-state index contributed by atoms with van der Waals surface area (Å²) in [6, 6.07) is 13.3. The number of rotatable bonds is 6. The van der Waals surface area contributed by atoms with Crippen molar-refractivity contribution in [2.45, 2.75) is 31.9 Å². The summed E-state index contributed by atoms with van der Waals surface area (Å²) < 4.78 is 5.76. The molecular weight excluding hydrogens is 360 g/mol. The van der Waals surface area contributed by atoms with E-state index >= 15 is 0 Å². The van der Waals surface area contributed by atoms with Crippen LogP contribution in [-0.4, -0.2) is 35.5 Å². The van der Waals surface area contributed by atoms with Crippen molar-refractivity contribution < 1.29 is 24.2 Å². The molecule has 0 spiro atoms. The fourth-order valence-electron chi connectivity index (χ4n) is 3.07. The van der Waals surface area contributed by atoms with Crippen molar-refractivity contribution in [2.75, 3.05) is 11.9 Å². The van der Waals surface area contributed by atoms with Gasteiger partial charge >= 0.3 is 5.97 Å². The number of ether oxygens (including phenoxy) is 1. The number of nitrogens with one attached hydrogen (secondary N) is 2. The number of carboxylic acids is 1. The van der Waals surface area contributed by atoms with Gasteiger partial charge in [0.2, 0.25) is 5.91 Å². The SMILES string of the molecule is CC(NC(=O)c1ccc(NC(=O)CC2OCCc3ccccc32)cc1)C(=O)O. The third-order valence-electron chi connectivity index (χ3n) is 4.61. The van der Waals surface area contributed by atoms with Gasteiger partial charge < -0.3 is 20.5 Å². The molecule has 1 aliphatic heterocycles. The highest BCUT2D eigenvalue weighted by molar-refractivity contribution is 5.97. The van der Waals surface area contributed by atoms with Crippen LogP contribution in [0.4, 0.5) is 5.69 Å². The van der Waals surface area contributed by atoms with Crippen LogP contribution < -0.4 is 10.6 Å². The molecule has 1 aliphatic rings. The lowest BCUT2D eigenvalue weighted by atomic mass is 9.95. The predicted octanol–water partition coefficient (Wildman–Crippen LogP) is 2.53. The number of amides is 2. The van der Waals surface area contributed by atoms with E-state index in [4.69, 9.17) is 9.84 Å². The van der Waals surface area contributed by atoms with Crippen LogP contribution in [0.3, 0.4) is 0 Å². The minimum absolute atomic E-state index is 0.182. The van der Waals surface area contributed by atoms with Gasteiger partial charge in [0.05, 0.1) is 19.1 Å². The highest BCUT2D eigenvalue weighted by Gasteiger charge is 2.23. The first kappa shape index (κ1) is 19.6. The van der Waals surface area contributed by atoms with Gasteiger partial charge in [-0.25, -0.2) is 0 Å². The van der Waals surface area contributed by atoms with E-state index in [1.165, 1.54) is 24.6 Å². The number of hydrogen-bond donors (Lipinski definition) is 3. The lowest BCUT2D eigenvalue weighted by Crippen LogP contribution is -2.38. The van der Waals surface area contributed by atoms with Gasteiger partial charge in [-0.2, -0.15) is 0 Å². The third kappa shape index (κ3) is 4.75. The fourth-order valence-corrected chi connectivity index (χ4v) is 3.07. The average molecular weight is 382 g/mol. The summed E-state index contributed by atoms with van der Waals surface area (Å²) in [6.07, 6.45) is 0.778. The maximum absolute atomic E-state index is 12.4. The van der Waals surface area contributed by atoms with E-state index in [1.807, 2.05) is 18.2 Å². The molecule has 2 unspecified atom stereocenters. The molecule has 2 atom stereocenters. The Labute approximate surface area is 162 Å². The van der Waals surface area contributed by atoms with Crippen molar-refractivity contribution in [3.8, 4) is 0 Å². The van der Waals surface area contributed by atoms with E-state index in [-0.39, 0.29) is 18.4 Å². The van der Waals surface area contributed by atoms with Crippen LogP contribution in [-0.2, 0) is 20.7 Å². The maximum Gasteiger partial charge on any atom is 0.325 e. The van der Waals surface area contributed by atoms with Crippen LogP contribution in [0, 0.1) is 0 Å². The fraction of sp³-hybridized carbons (Fsp3) is 0.286. The van der Waals surface area contributed by atoms with E-state index in [2.05, 4.69) is 16.7 Å². The summed E-state index contributed by atoms with van der Waals surface area (Å²) in [5.74, 6) is -1.78. The van der Waals surface area contributed by atoms with Crippen LogP contribution in [0.25, 0.3) is 0 Å². The third-order valence-corrected chi connectivity index (χ3v) is 4.61. The molecular formula is C21H22N2O5. The molecule has 0 bridgehead atoms. The van der Waals surface area contributed by atoms with Crippen molar-refractivity contribution in [3.05, 3.63) is 65.2 Å². The number of benzene rings is 2. The lowest BCUT2D eigenvalue weighted by Gasteiger charge is -2.25. The minimum Gasteiger partial charge on any atom is -0.480 e. The zero-order valence-corrected chi connectivity index (χ0v) is 15.5. The molecule has 0 radical (unpaired) electrons. The number of carbonyl (C=O) groups excluding carboxylic acids is 2. The second-order valence-electron chi connectivity index (χ2n) is 6.67. The summed E-state index contributed by atoms with van der Waals surface area (Å²) in [5, 5.41) is 14.0. The molecule has 1 heterocycles. The first-order valence-corrected chi connectivity index (χ1v) is 9.07. The van der Waals surface area contributed by atoms with Gasteiger partial charge in [-0.1, -0.05) is 24.3 Å². The lowest BCUT2D eigenvalue weighted by molar-refractivity contribution is -0.138. The Morgan fingerprint density at radius 2 is 1.86 bits per heavy atom. The number of fused-ring (bicyclic) bond motifs is 1. The Bertz CT molecular complexity index is 879. The summed E-state index contributed by atoms with van der Waals surface area (Å²) >= 11 is 0. The van der Waals surface area contributed by atoms with Crippen molar-refractivity contribution in [3.63, 3.8) is 0 Å². The summed E-state index contributed by atoms with van der Waals surface area (Å²) in [6.45, 7) is 1.98. The van der Waals surface area contributed by atoms with Crippen molar-refractivity contribution in [1.82, 2.24) is 5.32 Å². The molecule has 7 nitrogen and oxygen atoms in total. The largest absolute Gasteiger partial charge is 0.480 e. The normalized spacial score (nSPS) is 16.5. The van der Waals surface area contributed by atoms with Crippen LogP contribution in [0.5, 0.6) is 0 Å². The zero-order valence-electron chi connectivity index (χ0n) is 15.5. The van der Waals surface area contributed by atoms with Crippen LogP contribution in [0.1, 0.15) is 40.9 Å². The minimum atomic E-state index is -1.11. The molecule has 2 aromatic carbocycles. The molecule has 0 aliphatic carbocycles. The number of hydrogen-bond acceptors (Lipinski definition) is 4. The van der Waals surface area contributed by atoms with E-state index < -0.39 is 17.9 Å². The summed E-state index contributed by atoms with van der Waals surface area (Å²) in [5.41, 5.74) is 3.12. The van der Waals surface area contributed by atoms with Crippen molar-refractivity contribution in [2.24, 2.45) is 0 Å². The molecule has 2 aromatic rings. The van der Waals surface area contributed by atoms with Gasteiger partial charge in [-0.05, 0) is 48.7 Å². The quantitative estimate of drug-likeness (QED) is 0.712. The Kier molecular flexibility index (Phi) is 6.06. The van der Waals surface area contributed by atoms with E-state index in [1.54, 1.807) is 12.1 Å². The van der Waals surface area contributed by atoms with Gasteiger partial charge in [-0.3, -0.25) is 14.4 Å². The number of anilines is 1. The second-order valence-corrected chi connectivity index (χ2v) is 6.67. The molecule has 28 heavy (non-hydrogen) atoms. The summed E-state index contributed by atoms with van der Waals surface area (Å²) in [7, 11) is 0. The topological polar surface area (TPSA) is 105 Å². The van der Waals surface area contributed by atoms with E-state index in [9.17, 15) is 14.4 Å². The van der Waals surface area contributed by atoms with Crippen LogP contribution >= 0.6 is 0 Å². The Hall–Kier alpha value is -3.19. The smallest absolute Gasteiger partial charge is 0.325 e. The van der Waals surface area contributed by atoms with E-state index in [0.717, 1.165) is 12.0 Å². The van der Waals surface area contributed by atoms with Gasteiger partial charge in [0.25, 0.3) is 5.91 Å². The molecule has 146 valence electrons. The molecule has 7 heteroatoms. The number of carboxylic acid groups (broad SMARTS) is 1. The number of aliphatic carboxylic acids is 1. The molecule has 0 aromatic heterocycles. The van der Waals surface area contributed by atoms with Gasteiger partial charge in [-0.15, -0.1) is 0 Å². The van der Waals surface area contributed by atoms with E-state index in [0.29, 0.717) is 17.9 Å². The standard InChI is InChI=1S/C21H22N2O5/c1-13(21(26)27)22-20(25)15-6-8-16(9-7-15)23-19(24)12-18-17-5-3-2-4-14(17)10-11-28-18/h2-9,13,18H,10-12H2,1H3,(H,22,25)(H,23,24)(H,26,27). The molecule has 0 saturated heterocycles. The predicted molar refractivity (Wildman–Crippen MR) is 103 cm³/mol. The van der Waals surface area contributed by atoms with Crippen molar-refractivity contribution >= 4 is 23.5 Å². The highest BCUT2D eigenvalue weighted by atomic mass is 16.5. The average Bonchev–Trinajstić information content (AvgIpc) is 2.68. The first-order chi connectivity index (χ1) is 13.4. The monoisotopic (exact) mass is 382 g/mol. The van der Waals surface area contributed by atoms with Gasteiger partial charge in [0, 0.05) is 11.3 Å². The summed E-state index contributed by atoms with van der Waals surface area (Å²) in [4.78, 5) is 35.2. The molecule has 0 saturated carbocycles. The molecule has 0 fully saturated rings. The maximum atomic E-state index is 12.4. The van der Waals surface area contributed by atoms with Crippen LogP contribution in [0.15, 0.2) is 48.5 Å². The van der Waals surface area contributed by atoms with Crippen molar-refractivity contribution in [1.29, 1.82) is 0 Å². The van der Waals surface area contributed by atoms with Gasteiger partial charge in [0.15, 0.2) is 0 Å². The zero-order chi connectivity index (χ0) is 20.1. The van der Waals surface area contributed by atoms with Gasteiger partial charge in [0.1, 0.15) is 6.04 Å². The highest BCUT2D eigenvalue weighted by Crippen LogP contribution is 2.29. The Morgan fingerprint density at radius 1 is 1.14 bits per heavy atom. The Balaban J connectivity index is 1.58. The molecule has 3 rings (SSSR count). The second kappa shape index (κ2) is 8.67. The molecule has 2 amide bonds. The molecule has 3 N–H and O–H groups in total. The van der Waals surface area contributed by atoms with Crippen LogP contribution in [0.2, 0.25) is 0 Å². The number of carbonyl (C=O) groups is 3.